The largest absolute Gasteiger partial charge is 0.488 e. The Kier molecular flexibility index (Phi) is 5.41. The number of benzene rings is 1. The van der Waals surface area contributed by atoms with Gasteiger partial charge in [-0.15, -0.1) is 0 Å². The van der Waals surface area contributed by atoms with Crippen LogP contribution in [0.2, 0.25) is 0 Å². The predicted octanol–water partition coefficient (Wildman–Crippen LogP) is 3.80. The van der Waals surface area contributed by atoms with Crippen molar-refractivity contribution < 1.29 is 18.3 Å². The molecule has 0 unspecified atom stereocenters. The molecule has 1 amide bonds. The first-order valence-electron chi connectivity index (χ1n) is 8.52. The van der Waals surface area contributed by atoms with Gasteiger partial charge in [0.2, 0.25) is 0 Å². The SMILES string of the molecule is CC[C@@H](Oc1ccc2c(cnn2-c2cnsc2)c1)[C@H](C)NC(=O)C(C)(F)F. The molecule has 0 saturated carbocycles. The van der Waals surface area contributed by atoms with Crippen molar-refractivity contribution in [2.24, 2.45) is 0 Å². The molecule has 1 aromatic carbocycles. The first-order chi connectivity index (χ1) is 12.8. The summed E-state index contributed by atoms with van der Waals surface area (Å²) >= 11 is 1.35. The highest BCUT2D eigenvalue weighted by Gasteiger charge is 2.34. The highest BCUT2D eigenvalue weighted by Crippen LogP contribution is 2.25. The average Bonchev–Trinajstić information content (AvgIpc) is 3.27. The minimum Gasteiger partial charge on any atom is -0.488 e. The monoisotopic (exact) mass is 394 g/mol. The van der Waals surface area contributed by atoms with Crippen LogP contribution in [-0.4, -0.2) is 38.1 Å². The third-order valence-electron chi connectivity index (χ3n) is 4.21. The number of hydrogen-bond donors (Lipinski definition) is 1. The van der Waals surface area contributed by atoms with Gasteiger partial charge in [-0.05, 0) is 43.1 Å². The fourth-order valence-corrected chi connectivity index (χ4v) is 3.23. The van der Waals surface area contributed by atoms with Crippen LogP contribution in [0.1, 0.15) is 27.2 Å². The van der Waals surface area contributed by atoms with Gasteiger partial charge in [-0.1, -0.05) is 6.92 Å². The summed E-state index contributed by atoms with van der Waals surface area (Å²) < 4.78 is 38.0. The Morgan fingerprint density at radius 1 is 1.41 bits per heavy atom. The molecule has 6 nitrogen and oxygen atoms in total. The Hall–Kier alpha value is -2.55. The molecule has 0 aliphatic heterocycles. The zero-order valence-corrected chi connectivity index (χ0v) is 16.0. The van der Waals surface area contributed by atoms with Gasteiger partial charge in [0.05, 0.1) is 29.6 Å². The van der Waals surface area contributed by atoms with Crippen molar-refractivity contribution in [2.75, 3.05) is 0 Å². The van der Waals surface area contributed by atoms with Crippen molar-refractivity contribution in [3.05, 3.63) is 36.0 Å². The summed E-state index contributed by atoms with van der Waals surface area (Å²) in [7, 11) is 0. The average molecular weight is 394 g/mol. The summed E-state index contributed by atoms with van der Waals surface area (Å²) in [6.07, 6.45) is 3.57. The summed E-state index contributed by atoms with van der Waals surface area (Å²) in [6, 6.07) is 4.95. The number of alkyl halides is 2. The molecule has 0 aliphatic rings. The maximum atomic E-state index is 13.1. The van der Waals surface area contributed by atoms with Gasteiger partial charge in [0.25, 0.3) is 5.91 Å². The first-order valence-corrected chi connectivity index (χ1v) is 9.36. The quantitative estimate of drug-likeness (QED) is 0.662. The third kappa shape index (κ3) is 4.24. The maximum Gasteiger partial charge on any atom is 0.321 e. The van der Waals surface area contributed by atoms with E-state index in [4.69, 9.17) is 4.74 Å². The standard InChI is InChI=1S/C18H20F2N4O2S/c1-4-16(11(2)23-17(25)18(3,19)20)26-14-5-6-15-12(7-14)8-21-24(15)13-9-22-27-10-13/h5-11,16H,4H2,1-3H3,(H,23,25)/t11-,16+/m0/s1. The molecule has 9 heteroatoms. The molecule has 2 atom stereocenters. The zero-order valence-electron chi connectivity index (χ0n) is 15.1. The van der Waals surface area contributed by atoms with Gasteiger partial charge in [0.15, 0.2) is 0 Å². The van der Waals surface area contributed by atoms with Crippen LogP contribution in [0.15, 0.2) is 36.0 Å². The minimum absolute atomic E-state index is 0.440. The van der Waals surface area contributed by atoms with Crippen LogP contribution in [0.25, 0.3) is 16.6 Å². The summed E-state index contributed by atoms with van der Waals surface area (Å²) in [5, 5.41) is 9.46. The van der Waals surface area contributed by atoms with Crippen LogP contribution in [0.4, 0.5) is 8.78 Å². The van der Waals surface area contributed by atoms with E-state index in [0.717, 1.165) is 16.6 Å². The van der Waals surface area contributed by atoms with E-state index in [-0.39, 0.29) is 0 Å². The van der Waals surface area contributed by atoms with Gasteiger partial charge in [0.1, 0.15) is 11.9 Å². The lowest BCUT2D eigenvalue weighted by atomic mass is 10.1. The number of hydrogen-bond acceptors (Lipinski definition) is 5. The topological polar surface area (TPSA) is 69.0 Å². The molecule has 0 radical (unpaired) electrons. The fourth-order valence-electron chi connectivity index (χ4n) is 2.73. The van der Waals surface area contributed by atoms with Crippen molar-refractivity contribution >= 4 is 28.3 Å². The lowest BCUT2D eigenvalue weighted by Gasteiger charge is -2.26. The van der Waals surface area contributed by atoms with E-state index < -0.39 is 24.0 Å². The van der Waals surface area contributed by atoms with Gasteiger partial charge >= 0.3 is 5.92 Å². The first kappa shape index (κ1) is 19.2. The molecule has 0 aliphatic carbocycles. The van der Waals surface area contributed by atoms with Crippen LogP contribution in [0.3, 0.4) is 0 Å². The molecule has 144 valence electrons. The number of amides is 1. The summed E-state index contributed by atoms with van der Waals surface area (Å²) in [4.78, 5) is 11.5. The molecule has 0 spiro atoms. The maximum absolute atomic E-state index is 13.1. The lowest BCUT2D eigenvalue weighted by Crippen LogP contribution is -2.48. The summed E-state index contributed by atoms with van der Waals surface area (Å²) in [6.45, 7) is 4.10. The summed E-state index contributed by atoms with van der Waals surface area (Å²) in [5.74, 6) is -4.14. The second kappa shape index (κ2) is 7.59. The van der Waals surface area contributed by atoms with Crippen molar-refractivity contribution in [2.45, 2.75) is 45.3 Å². The number of carbonyl (C=O) groups excluding carboxylic acids is 1. The molecule has 3 rings (SSSR count). The van der Waals surface area contributed by atoms with Gasteiger partial charge in [-0.2, -0.15) is 18.3 Å². The van der Waals surface area contributed by atoms with Crippen LogP contribution in [0.5, 0.6) is 5.75 Å². The lowest BCUT2D eigenvalue weighted by molar-refractivity contribution is -0.144. The van der Waals surface area contributed by atoms with Crippen molar-refractivity contribution in [3.63, 3.8) is 0 Å². The number of carbonyl (C=O) groups is 1. The normalized spacial score (nSPS) is 14.1. The van der Waals surface area contributed by atoms with Crippen LogP contribution >= 0.6 is 11.5 Å². The molecule has 0 saturated heterocycles. The smallest absolute Gasteiger partial charge is 0.321 e. The molecule has 27 heavy (non-hydrogen) atoms. The molecule has 2 aromatic heterocycles. The number of rotatable bonds is 7. The number of nitrogens with one attached hydrogen (secondary N) is 1. The molecule has 3 aromatic rings. The van der Waals surface area contributed by atoms with Gasteiger partial charge in [-0.25, -0.2) is 4.68 Å². The second-order valence-electron chi connectivity index (χ2n) is 6.37. The molecular formula is C18H20F2N4O2S. The van der Waals surface area contributed by atoms with Crippen LogP contribution < -0.4 is 10.1 Å². The molecule has 0 fully saturated rings. The third-order valence-corrected chi connectivity index (χ3v) is 4.78. The summed E-state index contributed by atoms with van der Waals surface area (Å²) in [5.41, 5.74) is 1.79. The fraction of sp³-hybridized carbons (Fsp3) is 0.389. The van der Waals surface area contributed by atoms with E-state index in [9.17, 15) is 13.6 Å². The van der Waals surface area contributed by atoms with Crippen molar-refractivity contribution in [1.82, 2.24) is 19.5 Å². The number of aromatic nitrogens is 3. The zero-order chi connectivity index (χ0) is 19.6. The Bertz CT molecular complexity index is 921. The Balaban J connectivity index is 1.76. The van der Waals surface area contributed by atoms with Crippen LogP contribution in [0, 0.1) is 0 Å². The Labute approximate surface area is 159 Å². The Morgan fingerprint density at radius 2 is 2.19 bits per heavy atom. The van der Waals surface area contributed by atoms with Crippen molar-refractivity contribution in [3.8, 4) is 11.4 Å². The predicted molar refractivity (Wildman–Crippen MR) is 99.7 cm³/mol. The highest BCUT2D eigenvalue weighted by molar-refractivity contribution is 7.03. The minimum atomic E-state index is -3.42. The van der Waals surface area contributed by atoms with Gasteiger partial charge in [-0.3, -0.25) is 4.79 Å². The molecular weight excluding hydrogens is 374 g/mol. The highest BCUT2D eigenvalue weighted by atomic mass is 32.1. The molecule has 0 bridgehead atoms. The van der Waals surface area contributed by atoms with E-state index in [2.05, 4.69) is 14.8 Å². The number of halogens is 2. The van der Waals surface area contributed by atoms with Crippen molar-refractivity contribution in [1.29, 1.82) is 0 Å². The number of ether oxygens (including phenoxy) is 1. The number of nitrogens with zero attached hydrogens (tertiary/aromatic N) is 3. The Morgan fingerprint density at radius 3 is 2.81 bits per heavy atom. The van der Waals surface area contributed by atoms with E-state index in [0.29, 0.717) is 19.1 Å². The van der Waals surface area contributed by atoms with Gasteiger partial charge < -0.3 is 10.1 Å². The molecule has 2 heterocycles. The van der Waals surface area contributed by atoms with E-state index in [1.807, 2.05) is 24.4 Å². The van der Waals surface area contributed by atoms with Gasteiger partial charge in [0, 0.05) is 17.7 Å². The van der Waals surface area contributed by atoms with E-state index >= 15 is 0 Å². The second-order valence-corrected chi connectivity index (χ2v) is 7.03. The number of fused-ring (bicyclic) bond motifs is 1. The van der Waals surface area contributed by atoms with E-state index in [1.165, 1.54) is 11.5 Å². The molecule has 1 N–H and O–H groups in total. The van der Waals surface area contributed by atoms with E-state index in [1.54, 1.807) is 30.1 Å². The van der Waals surface area contributed by atoms with Crippen LogP contribution in [-0.2, 0) is 4.79 Å².